The van der Waals surface area contributed by atoms with Crippen molar-refractivity contribution in [3.63, 3.8) is 0 Å². The third-order valence-corrected chi connectivity index (χ3v) is 5.94. The molecule has 1 saturated heterocycles. The fraction of sp³-hybridized carbons (Fsp3) is 0.700. The Balaban J connectivity index is 0.00000392. The smallest absolute Gasteiger partial charge is 0.305 e. The van der Waals surface area contributed by atoms with Crippen molar-refractivity contribution in [3.05, 3.63) is 22.4 Å². The van der Waals surface area contributed by atoms with E-state index in [1.165, 1.54) is 37.9 Å². The SMILES string of the molecule is CN=C(NCCCCCCC(=O)OC)NCC(c1cccs1)N1CCCC1.I. The summed E-state index contributed by atoms with van der Waals surface area (Å²) in [5.41, 5.74) is 0. The summed E-state index contributed by atoms with van der Waals surface area (Å²) in [6.07, 6.45) is 7.24. The second-order valence-corrected chi connectivity index (χ2v) is 7.87. The highest BCUT2D eigenvalue weighted by atomic mass is 127. The number of esters is 1. The highest BCUT2D eigenvalue weighted by Gasteiger charge is 2.24. The van der Waals surface area contributed by atoms with Gasteiger partial charge in [0, 0.05) is 31.4 Å². The molecular formula is C20H35IN4O2S. The van der Waals surface area contributed by atoms with E-state index in [1.54, 1.807) is 0 Å². The molecule has 1 aliphatic rings. The third-order valence-electron chi connectivity index (χ3n) is 4.97. The number of guanidine groups is 1. The lowest BCUT2D eigenvalue weighted by Crippen LogP contribution is -2.42. The normalized spacial score (nSPS) is 15.7. The number of aliphatic imine (C=N–C) groups is 1. The molecule has 1 aromatic rings. The van der Waals surface area contributed by atoms with E-state index in [0.29, 0.717) is 12.5 Å². The topological polar surface area (TPSA) is 66.0 Å². The van der Waals surface area contributed by atoms with Crippen molar-refractivity contribution in [2.75, 3.05) is 40.3 Å². The number of ether oxygens (including phenoxy) is 1. The van der Waals surface area contributed by atoms with Gasteiger partial charge < -0.3 is 15.4 Å². The number of hydrogen-bond acceptors (Lipinski definition) is 5. The van der Waals surface area contributed by atoms with Crippen molar-refractivity contribution in [2.24, 2.45) is 4.99 Å². The van der Waals surface area contributed by atoms with E-state index in [4.69, 9.17) is 0 Å². The molecule has 1 fully saturated rings. The number of methoxy groups -OCH3 is 1. The predicted molar refractivity (Wildman–Crippen MR) is 128 cm³/mol. The summed E-state index contributed by atoms with van der Waals surface area (Å²) in [4.78, 5) is 19.4. The first kappa shape index (κ1) is 25.2. The molecule has 2 rings (SSSR count). The van der Waals surface area contributed by atoms with Gasteiger partial charge in [0.15, 0.2) is 5.96 Å². The summed E-state index contributed by atoms with van der Waals surface area (Å²) in [6, 6.07) is 4.79. The van der Waals surface area contributed by atoms with Crippen LogP contribution in [-0.2, 0) is 9.53 Å². The zero-order valence-corrected chi connectivity index (χ0v) is 20.3. The molecule has 0 aromatic carbocycles. The molecular weight excluding hydrogens is 487 g/mol. The number of nitrogens with one attached hydrogen (secondary N) is 2. The second kappa shape index (κ2) is 15.0. The summed E-state index contributed by atoms with van der Waals surface area (Å²) < 4.78 is 4.66. The lowest BCUT2D eigenvalue weighted by molar-refractivity contribution is -0.140. The number of thiophene rings is 1. The highest BCUT2D eigenvalue weighted by molar-refractivity contribution is 14.0. The fourth-order valence-electron chi connectivity index (χ4n) is 3.41. The first-order valence-electron chi connectivity index (χ1n) is 10.0. The number of rotatable bonds is 11. The quantitative estimate of drug-likeness (QED) is 0.152. The minimum absolute atomic E-state index is 0. The van der Waals surface area contributed by atoms with Gasteiger partial charge >= 0.3 is 5.97 Å². The molecule has 1 unspecified atom stereocenters. The molecule has 2 heterocycles. The molecule has 6 nitrogen and oxygen atoms in total. The fourth-order valence-corrected chi connectivity index (χ4v) is 4.28. The van der Waals surface area contributed by atoms with Crippen molar-refractivity contribution >= 4 is 47.2 Å². The third kappa shape index (κ3) is 9.09. The second-order valence-electron chi connectivity index (χ2n) is 6.89. The number of likely N-dealkylation sites (tertiary alicyclic amines) is 1. The number of halogens is 1. The van der Waals surface area contributed by atoms with Crippen LogP contribution in [0.5, 0.6) is 0 Å². The Hall–Kier alpha value is -0.870. The van der Waals surface area contributed by atoms with Gasteiger partial charge in [-0.1, -0.05) is 18.9 Å². The van der Waals surface area contributed by atoms with Crippen LogP contribution in [-0.4, -0.2) is 57.2 Å². The molecule has 28 heavy (non-hydrogen) atoms. The van der Waals surface area contributed by atoms with Gasteiger partial charge in [-0.15, -0.1) is 35.3 Å². The van der Waals surface area contributed by atoms with Crippen LogP contribution >= 0.6 is 35.3 Å². The van der Waals surface area contributed by atoms with Crippen molar-refractivity contribution < 1.29 is 9.53 Å². The number of hydrogen-bond donors (Lipinski definition) is 2. The molecule has 0 aliphatic carbocycles. The molecule has 0 bridgehead atoms. The molecule has 0 amide bonds. The zero-order chi connectivity index (χ0) is 19.3. The lowest BCUT2D eigenvalue weighted by atomic mass is 10.1. The first-order chi connectivity index (χ1) is 13.2. The average molecular weight is 522 g/mol. The standard InChI is InChI=1S/C20H34N4O2S.HI/c1-21-20(22-12-6-4-3-5-11-19(25)26-2)23-16-17(18-10-9-15-27-18)24-13-7-8-14-24;/h9-10,15,17H,3-8,11-14,16H2,1-2H3,(H2,21,22,23);1H. The summed E-state index contributed by atoms with van der Waals surface area (Å²) in [7, 11) is 3.26. The highest BCUT2D eigenvalue weighted by Crippen LogP contribution is 2.27. The van der Waals surface area contributed by atoms with Crippen molar-refractivity contribution in [2.45, 2.75) is 51.0 Å². The van der Waals surface area contributed by atoms with Gasteiger partial charge in [-0.2, -0.15) is 0 Å². The Morgan fingerprint density at radius 3 is 2.64 bits per heavy atom. The summed E-state index contributed by atoms with van der Waals surface area (Å²) >= 11 is 1.83. The van der Waals surface area contributed by atoms with Gasteiger partial charge in [0.2, 0.25) is 0 Å². The Morgan fingerprint density at radius 1 is 1.25 bits per heavy atom. The first-order valence-corrected chi connectivity index (χ1v) is 10.9. The van der Waals surface area contributed by atoms with Crippen molar-refractivity contribution in [1.82, 2.24) is 15.5 Å². The van der Waals surface area contributed by atoms with Gasteiger partial charge in [-0.25, -0.2) is 0 Å². The van der Waals surface area contributed by atoms with Crippen LogP contribution in [0.3, 0.4) is 0 Å². The number of carbonyl (C=O) groups excluding carboxylic acids is 1. The van der Waals surface area contributed by atoms with Crippen LogP contribution in [0.25, 0.3) is 0 Å². The minimum Gasteiger partial charge on any atom is -0.469 e. The number of unbranched alkanes of at least 4 members (excludes halogenated alkanes) is 3. The van der Waals surface area contributed by atoms with E-state index in [2.05, 4.69) is 42.8 Å². The molecule has 2 N–H and O–H groups in total. The van der Waals surface area contributed by atoms with Gasteiger partial charge in [0.25, 0.3) is 0 Å². The van der Waals surface area contributed by atoms with E-state index >= 15 is 0 Å². The Morgan fingerprint density at radius 2 is 2.00 bits per heavy atom. The lowest BCUT2D eigenvalue weighted by Gasteiger charge is -2.27. The molecule has 1 atom stereocenters. The Kier molecular flexibility index (Phi) is 13.5. The van der Waals surface area contributed by atoms with Crippen LogP contribution in [0, 0.1) is 0 Å². The van der Waals surface area contributed by atoms with E-state index in [1.807, 2.05) is 18.4 Å². The van der Waals surface area contributed by atoms with Crippen LogP contribution < -0.4 is 10.6 Å². The maximum atomic E-state index is 11.1. The predicted octanol–water partition coefficient (Wildman–Crippen LogP) is 3.79. The van der Waals surface area contributed by atoms with Gasteiger partial charge in [-0.3, -0.25) is 14.7 Å². The number of carbonyl (C=O) groups is 1. The van der Waals surface area contributed by atoms with Gasteiger partial charge in [-0.05, 0) is 50.2 Å². The molecule has 1 aromatic heterocycles. The summed E-state index contributed by atoms with van der Waals surface area (Å²) in [5.74, 6) is 0.751. The van der Waals surface area contributed by atoms with Crippen LogP contribution in [0.15, 0.2) is 22.5 Å². The van der Waals surface area contributed by atoms with Crippen molar-refractivity contribution in [3.8, 4) is 0 Å². The monoisotopic (exact) mass is 522 g/mol. The number of nitrogens with zero attached hydrogens (tertiary/aromatic N) is 2. The minimum atomic E-state index is -0.115. The Bertz CT molecular complexity index is 563. The van der Waals surface area contributed by atoms with Crippen molar-refractivity contribution in [1.29, 1.82) is 0 Å². The van der Waals surface area contributed by atoms with Crippen LogP contribution in [0.4, 0.5) is 0 Å². The zero-order valence-electron chi connectivity index (χ0n) is 17.1. The molecule has 8 heteroatoms. The largest absolute Gasteiger partial charge is 0.469 e. The Labute approximate surface area is 190 Å². The molecule has 160 valence electrons. The van der Waals surface area contributed by atoms with Gasteiger partial charge in [0.05, 0.1) is 13.2 Å². The maximum Gasteiger partial charge on any atom is 0.305 e. The molecule has 0 radical (unpaired) electrons. The molecule has 1 aliphatic heterocycles. The van der Waals surface area contributed by atoms with Gasteiger partial charge in [0.1, 0.15) is 0 Å². The van der Waals surface area contributed by atoms with E-state index in [0.717, 1.165) is 44.7 Å². The summed E-state index contributed by atoms with van der Waals surface area (Å²) in [5, 5.41) is 9.06. The van der Waals surface area contributed by atoms with Crippen LogP contribution in [0.1, 0.15) is 55.9 Å². The maximum absolute atomic E-state index is 11.1. The molecule has 0 saturated carbocycles. The summed E-state index contributed by atoms with van der Waals surface area (Å²) in [6.45, 7) is 4.13. The van der Waals surface area contributed by atoms with E-state index in [9.17, 15) is 4.79 Å². The molecule has 0 spiro atoms. The van der Waals surface area contributed by atoms with Crippen LogP contribution in [0.2, 0.25) is 0 Å². The van der Waals surface area contributed by atoms with E-state index < -0.39 is 0 Å². The average Bonchev–Trinajstić information content (AvgIpc) is 3.40. The van der Waals surface area contributed by atoms with E-state index in [-0.39, 0.29) is 29.9 Å².